The molecule has 0 aliphatic heterocycles. The van der Waals surface area contributed by atoms with Gasteiger partial charge in [-0.15, -0.1) is 16.9 Å². The molecule has 0 aliphatic rings. The van der Waals surface area contributed by atoms with E-state index in [9.17, 15) is 9.90 Å². The third-order valence-electron chi connectivity index (χ3n) is 4.99. The highest BCUT2D eigenvalue weighted by atomic mass is 32.2. The first kappa shape index (κ1) is 23.8. The van der Waals surface area contributed by atoms with Crippen LogP contribution in [0.5, 0.6) is 11.5 Å². The van der Waals surface area contributed by atoms with E-state index in [-0.39, 0.29) is 23.1 Å². The summed E-state index contributed by atoms with van der Waals surface area (Å²) in [5, 5.41) is 29.4. The van der Waals surface area contributed by atoms with Crippen LogP contribution >= 0.6 is 11.8 Å². The number of rotatable bonds is 8. The molecule has 13 heteroatoms. The Labute approximate surface area is 204 Å². The van der Waals surface area contributed by atoms with Crippen molar-refractivity contribution in [2.45, 2.75) is 24.5 Å². The van der Waals surface area contributed by atoms with Gasteiger partial charge in [0.05, 0.1) is 18.5 Å². The van der Waals surface area contributed by atoms with Crippen LogP contribution in [0, 0.1) is 6.92 Å². The van der Waals surface area contributed by atoms with Crippen LogP contribution in [0.3, 0.4) is 0 Å². The quantitative estimate of drug-likeness (QED) is 0.188. The fraction of sp³-hybridized carbons (Fsp3) is 0.182. The van der Waals surface area contributed by atoms with Gasteiger partial charge in [0, 0.05) is 16.2 Å². The van der Waals surface area contributed by atoms with Crippen molar-refractivity contribution in [1.82, 2.24) is 30.7 Å². The predicted octanol–water partition coefficient (Wildman–Crippen LogP) is 2.70. The highest BCUT2D eigenvalue weighted by molar-refractivity contribution is 7.98. The Balaban J connectivity index is 1.59. The van der Waals surface area contributed by atoms with Gasteiger partial charge in [-0.3, -0.25) is 4.79 Å². The number of methoxy groups -OCH3 is 1. The Morgan fingerprint density at radius 2 is 2.03 bits per heavy atom. The number of benzene rings is 2. The van der Waals surface area contributed by atoms with E-state index in [1.165, 1.54) is 29.6 Å². The van der Waals surface area contributed by atoms with Crippen molar-refractivity contribution in [3.63, 3.8) is 0 Å². The average Bonchev–Trinajstić information content (AvgIpc) is 3.47. The Kier molecular flexibility index (Phi) is 6.96. The summed E-state index contributed by atoms with van der Waals surface area (Å²) in [7, 11) is 1.45. The number of carbonyl (C=O) groups excluding carboxylic acids is 1. The van der Waals surface area contributed by atoms with E-state index in [0.29, 0.717) is 28.5 Å². The Morgan fingerprint density at radius 1 is 1.26 bits per heavy atom. The summed E-state index contributed by atoms with van der Waals surface area (Å²) < 4.78 is 11.1. The first-order valence-corrected chi connectivity index (χ1v) is 11.3. The lowest BCUT2D eigenvalue weighted by Gasteiger charge is -2.08. The van der Waals surface area contributed by atoms with Crippen LogP contribution in [0.25, 0.3) is 5.82 Å². The van der Waals surface area contributed by atoms with E-state index in [2.05, 4.69) is 35.8 Å². The molecule has 0 radical (unpaired) electrons. The molecule has 4 N–H and O–H groups in total. The van der Waals surface area contributed by atoms with Gasteiger partial charge < -0.3 is 15.6 Å². The summed E-state index contributed by atoms with van der Waals surface area (Å²) in [4.78, 5) is 14.0. The minimum Gasteiger partial charge on any atom is -0.504 e. The molecule has 12 nitrogen and oxygen atoms in total. The maximum absolute atomic E-state index is 13.0. The second-order valence-corrected chi connectivity index (χ2v) is 8.44. The molecular weight excluding hydrogens is 472 g/mol. The molecule has 0 atom stereocenters. The van der Waals surface area contributed by atoms with Gasteiger partial charge in [-0.25, -0.2) is 10.1 Å². The molecule has 4 rings (SSSR count). The van der Waals surface area contributed by atoms with Crippen LogP contribution in [0.1, 0.15) is 34.2 Å². The number of nitrogens with two attached hydrogens (primary N) is 1. The molecule has 0 unspecified atom stereocenters. The number of amides is 1. The number of hydrazone groups is 1. The van der Waals surface area contributed by atoms with Crippen molar-refractivity contribution in [2.75, 3.05) is 12.8 Å². The van der Waals surface area contributed by atoms with E-state index < -0.39 is 5.91 Å². The second kappa shape index (κ2) is 10.3. The smallest absolute Gasteiger partial charge is 0.293 e. The zero-order chi connectivity index (χ0) is 24.9. The minimum atomic E-state index is -0.573. The minimum absolute atomic E-state index is 0.00189. The SMILES string of the molecule is COc1cc(/C(C)=N/NC(=O)c2nnn(-c3nonc3N)c2CSc2ccc(C)cc2)ccc1O. The van der Waals surface area contributed by atoms with Gasteiger partial charge in [-0.1, -0.05) is 22.9 Å². The number of thioether (sulfide) groups is 1. The van der Waals surface area contributed by atoms with E-state index >= 15 is 0 Å². The van der Waals surface area contributed by atoms with Gasteiger partial charge in [-0.2, -0.15) is 9.78 Å². The molecule has 1 amide bonds. The molecule has 0 bridgehead atoms. The first-order chi connectivity index (χ1) is 16.9. The van der Waals surface area contributed by atoms with Crippen molar-refractivity contribution in [1.29, 1.82) is 0 Å². The number of aromatic nitrogens is 5. The highest BCUT2D eigenvalue weighted by Crippen LogP contribution is 2.27. The fourth-order valence-electron chi connectivity index (χ4n) is 3.06. The van der Waals surface area contributed by atoms with Gasteiger partial charge >= 0.3 is 0 Å². The standard InChI is InChI=1S/C22H22N8O4S/c1-12-4-7-15(8-5-12)35-11-16-19(25-29-30(16)21-20(23)27-34-28-21)22(32)26-24-13(2)14-6-9-17(31)18(10-14)33-3/h4-10,31H,11H2,1-3H3,(H2,23,27)(H,26,32)/b24-13+. The molecule has 4 aromatic rings. The molecule has 0 aliphatic carbocycles. The average molecular weight is 495 g/mol. The summed E-state index contributed by atoms with van der Waals surface area (Å²) in [6, 6.07) is 12.7. The maximum Gasteiger partial charge on any atom is 0.293 e. The number of nitrogen functional groups attached to an aromatic ring is 1. The zero-order valence-electron chi connectivity index (χ0n) is 19.1. The van der Waals surface area contributed by atoms with Crippen molar-refractivity contribution in [3.05, 3.63) is 65.0 Å². The maximum atomic E-state index is 13.0. The molecule has 0 fully saturated rings. The van der Waals surface area contributed by atoms with Crippen molar-refractivity contribution in [3.8, 4) is 17.3 Å². The fourth-order valence-corrected chi connectivity index (χ4v) is 3.95. The number of hydrogen-bond donors (Lipinski definition) is 3. The summed E-state index contributed by atoms with van der Waals surface area (Å²) in [6.45, 7) is 3.71. The second-order valence-electron chi connectivity index (χ2n) is 7.40. The van der Waals surface area contributed by atoms with Crippen LogP contribution in [0.2, 0.25) is 0 Å². The summed E-state index contributed by atoms with van der Waals surface area (Å²) in [5.74, 6) is 0.201. The number of hydrogen-bond acceptors (Lipinski definition) is 11. The van der Waals surface area contributed by atoms with Crippen LogP contribution in [-0.2, 0) is 5.75 Å². The lowest BCUT2D eigenvalue weighted by molar-refractivity contribution is 0.0949. The van der Waals surface area contributed by atoms with Crippen molar-refractivity contribution in [2.24, 2.45) is 5.10 Å². The molecule has 180 valence electrons. The zero-order valence-corrected chi connectivity index (χ0v) is 19.9. The highest BCUT2D eigenvalue weighted by Gasteiger charge is 2.24. The van der Waals surface area contributed by atoms with Crippen LogP contribution < -0.4 is 15.9 Å². The molecule has 2 heterocycles. The largest absolute Gasteiger partial charge is 0.504 e. The number of anilines is 1. The van der Waals surface area contributed by atoms with Gasteiger partial charge in [0.15, 0.2) is 17.2 Å². The van der Waals surface area contributed by atoms with E-state index in [0.717, 1.165) is 10.5 Å². The number of nitrogens with zero attached hydrogens (tertiary/aromatic N) is 6. The predicted molar refractivity (Wildman–Crippen MR) is 129 cm³/mol. The molecule has 2 aromatic heterocycles. The van der Waals surface area contributed by atoms with Crippen LogP contribution in [0.15, 0.2) is 57.1 Å². The van der Waals surface area contributed by atoms with Gasteiger partial charge in [0.25, 0.3) is 5.91 Å². The number of carbonyl (C=O) groups is 1. The topological polar surface area (TPSA) is 167 Å². The number of phenolic OH excluding ortho intramolecular Hbond substituents is 1. The number of phenols is 1. The number of aryl methyl sites for hydroxylation is 1. The van der Waals surface area contributed by atoms with Gasteiger partial charge in [0.2, 0.25) is 11.6 Å². The molecule has 0 saturated carbocycles. The summed E-state index contributed by atoms with van der Waals surface area (Å²) in [5.41, 5.74) is 11.1. The number of ether oxygens (including phenoxy) is 1. The normalized spacial score (nSPS) is 11.5. The van der Waals surface area contributed by atoms with Gasteiger partial charge in [-0.05, 0) is 54.5 Å². The first-order valence-electron chi connectivity index (χ1n) is 10.3. The third-order valence-corrected chi connectivity index (χ3v) is 6.02. The summed E-state index contributed by atoms with van der Waals surface area (Å²) in [6.07, 6.45) is 0. The molecule has 0 saturated heterocycles. The lowest BCUT2D eigenvalue weighted by Crippen LogP contribution is -2.21. The van der Waals surface area contributed by atoms with Crippen LogP contribution in [-0.4, -0.2) is 49.1 Å². The number of nitrogens with one attached hydrogen (secondary N) is 1. The van der Waals surface area contributed by atoms with Crippen molar-refractivity contribution >= 4 is 29.2 Å². The molecule has 35 heavy (non-hydrogen) atoms. The summed E-state index contributed by atoms with van der Waals surface area (Å²) >= 11 is 1.49. The van der Waals surface area contributed by atoms with Crippen LogP contribution in [0.4, 0.5) is 5.82 Å². The molecular formula is C22H22N8O4S. The van der Waals surface area contributed by atoms with Gasteiger partial charge in [0.1, 0.15) is 0 Å². The lowest BCUT2D eigenvalue weighted by atomic mass is 10.1. The monoisotopic (exact) mass is 494 g/mol. The number of aromatic hydroxyl groups is 1. The molecule has 2 aromatic carbocycles. The van der Waals surface area contributed by atoms with Crippen molar-refractivity contribution < 1.29 is 19.3 Å². The van der Waals surface area contributed by atoms with E-state index in [1.807, 2.05) is 31.2 Å². The Bertz CT molecular complexity index is 1380. The van der Waals surface area contributed by atoms with E-state index in [1.54, 1.807) is 19.1 Å². The Morgan fingerprint density at radius 3 is 2.71 bits per heavy atom. The van der Waals surface area contributed by atoms with E-state index in [4.69, 9.17) is 10.5 Å². The Hall–Kier alpha value is -4.39. The third kappa shape index (κ3) is 5.24. The molecule has 0 spiro atoms.